The molecule has 5 nitrogen and oxygen atoms in total. The van der Waals surface area contributed by atoms with E-state index in [1.54, 1.807) is 6.08 Å². The summed E-state index contributed by atoms with van der Waals surface area (Å²) in [5, 5.41) is 16.9. The van der Waals surface area contributed by atoms with Crippen LogP contribution in [0.1, 0.15) is 65.2 Å². The maximum absolute atomic E-state index is 11.2. The van der Waals surface area contributed by atoms with Crippen LogP contribution >= 0.6 is 7.72 Å². The summed E-state index contributed by atoms with van der Waals surface area (Å²) < 4.78 is 0. The zero-order chi connectivity index (χ0) is 16.3. The normalized spacial score (nSPS) is 12.5. The Hall–Kier alpha value is -0.770. The predicted octanol–water partition coefficient (Wildman–Crippen LogP) is 3.97. The van der Waals surface area contributed by atoms with E-state index >= 15 is 0 Å². The number of nitrogens with one attached hydrogen (secondary N) is 1. The molecule has 21 heavy (non-hydrogen) atoms. The maximum Gasteiger partial charge on any atom is 0.335 e. The monoisotopic (exact) mass is 318 g/mol. The van der Waals surface area contributed by atoms with E-state index in [9.17, 15) is 14.6 Å². The molecular weight excluding hydrogens is 289 g/mol. The third-order valence-corrected chi connectivity index (χ3v) is 5.18. The molecule has 0 unspecified atom stereocenters. The van der Waals surface area contributed by atoms with Crippen molar-refractivity contribution in [3.05, 3.63) is 11.6 Å². The van der Waals surface area contributed by atoms with E-state index in [1.807, 2.05) is 6.92 Å². The summed E-state index contributed by atoms with van der Waals surface area (Å²) in [6, 6.07) is 0. The Morgan fingerprint density at radius 3 is 2.19 bits per heavy atom. The highest BCUT2D eigenvalue weighted by Gasteiger charge is 2.41. The number of carboxylic acid groups (broad SMARTS) is 1. The van der Waals surface area contributed by atoms with Crippen LogP contribution in [0.3, 0.4) is 0 Å². The van der Waals surface area contributed by atoms with Crippen LogP contribution in [0, 0.1) is 5.41 Å². The summed E-state index contributed by atoms with van der Waals surface area (Å²) in [4.78, 5) is 31.3. The van der Waals surface area contributed by atoms with Gasteiger partial charge in [0.2, 0.25) is 5.45 Å². The van der Waals surface area contributed by atoms with Gasteiger partial charge in [-0.15, -0.1) is 0 Å². The van der Waals surface area contributed by atoms with Gasteiger partial charge in [-0.05, 0) is 19.3 Å². The minimum atomic E-state index is -3.61. The first-order chi connectivity index (χ1) is 9.85. The first-order valence-electron chi connectivity index (χ1n) is 7.69. The van der Waals surface area contributed by atoms with Crippen LogP contribution in [-0.2, 0) is 4.79 Å². The van der Waals surface area contributed by atoms with Crippen LogP contribution in [0.2, 0.25) is 0 Å². The summed E-state index contributed by atoms with van der Waals surface area (Å²) in [6.07, 6.45) is 7.83. The third-order valence-electron chi connectivity index (χ3n) is 3.31. The minimum absolute atomic E-state index is 0.0182. The van der Waals surface area contributed by atoms with Crippen molar-refractivity contribution in [1.29, 1.82) is 5.41 Å². The van der Waals surface area contributed by atoms with E-state index in [0.717, 1.165) is 38.5 Å². The van der Waals surface area contributed by atoms with Crippen LogP contribution in [0.4, 0.5) is 0 Å². The quantitative estimate of drug-likeness (QED) is 0.189. The zero-order valence-electron chi connectivity index (χ0n) is 13.1. The van der Waals surface area contributed by atoms with Crippen molar-refractivity contribution in [1.82, 2.24) is 0 Å². The summed E-state index contributed by atoms with van der Waals surface area (Å²) >= 11 is 0. The van der Waals surface area contributed by atoms with Gasteiger partial charge in [0, 0.05) is 6.42 Å². The van der Waals surface area contributed by atoms with Gasteiger partial charge in [-0.2, -0.15) is 0 Å². The molecule has 0 atom stereocenters. The fourth-order valence-corrected chi connectivity index (χ4v) is 3.39. The predicted molar refractivity (Wildman–Crippen MR) is 88.0 cm³/mol. The summed E-state index contributed by atoms with van der Waals surface area (Å²) in [6.45, 7) is 4.10. The highest BCUT2D eigenvalue weighted by atomic mass is 31.2. The number of allylic oxidation sites excluding steroid dienone is 1. The molecule has 0 aromatic heterocycles. The number of rotatable bonds is 12. The molecule has 0 spiro atoms. The van der Waals surface area contributed by atoms with Gasteiger partial charge in [-0.25, -0.2) is 14.6 Å². The third kappa shape index (κ3) is 8.97. The number of hydrogen-bond donors (Lipinski definition) is 4. The molecule has 0 saturated heterocycles. The van der Waals surface area contributed by atoms with Gasteiger partial charge in [0.1, 0.15) is 6.16 Å². The SMILES string of the molecule is CCCCCC=C(C[P+](O)(O)C(=N)CCCCC)C(=O)O. The molecule has 0 bridgehead atoms. The molecule has 0 fully saturated rings. The molecule has 0 radical (unpaired) electrons. The Morgan fingerprint density at radius 2 is 1.67 bits per heavy atom. The number of aliphatic carboxylic acids is 1. The van der Waals surface area contributed by atoms with Gasteiger partial charge >= 0.3 is 13.7 Å². The van der Waals surface area contributed by atoms with E-state index in [1.165, 1.54) is 0 Å². The molecule has 0 rings (SSSR count). The standard InChI is InChI=1S/C15H28NO4P/c1-3-5-7-9-10-13(15(17)18)12-21(19,20)14(16)11-8-6-4-2/h10,16,19-20H,3-9,11-12H2,1-2H3/p+1. The van der Waals surface area contributed by atoms with Gasteiger partial charge < -0.3 is 5.11 Å². The fraction of sp³-hybridized carbons (Fsp3) is 0.733. The lowest BCUT2D eigenvalue weighted by atomic mass is 10.1. The molecule has 0 heterocycles. The van der Waals surface area contributed by atoms with Crippen LogP contribution in [0.5, 0.6) is 0 Å². The van der Waals surface area contributed by atoms with Gasteiger partial charge in [-0.3, -0.25) is 5.41 Å². The van der Waals surface area contributed by atoms with E-state index in [-0.39, 0.29) is 17.2 Å². The number of unbranched alkanes of at least 4 members (excludes halogenated alkanes) is 5. The number of hydrogen-bond acceptors (Lipinski definition) is 4. The van der Waals surface area contributed by atoms with Gasteiger partial charge in [0.25, 0.3) is 0 Å². The van der Waals surface area contributed by atoms with Gasteiger partial charge in [0.15, 0.2) is 0 Å². The summed E-state index contributed by atoms with van der Waals surface area (Å²) in [5.74, 6) is -1.12. The first-order valence-corrected chi connectivity index (χ1v) is 9.57. The zero-order valence-corrected chi connectivity index (χ0v) is 14.0. The van der Waals surface area contributed by atoms with E-state index in [4.69, 9.17) is 10.5 Å². The molecule has 0 aliphatic carbocycles. The van der Waals surface area contributed by atoms with E-state index < -0.39 is 13.7 Å². The Labute approximate surface area is 128 Å². The molecule has 0 saturated carbocycles. The lowest BCUT2D eigenvalue weighted by molar-refractivity contribution is -0.132. The molecule has 6 heteroatoms. The lowest BCUT2D eigenvalue weighted by Gasteiger charge is -2.13. The Bertz CT molecular complexity index is 367. The van der Waals surface area contributed by atoms with Crippen molar-refractivity contribution in [3.8, 4) is 0 Å². The highest BCUT2D eigenvalue weighted by Crippen LogP contribution is 2.53. The van der Waals surface area contributed by atoms with Crippen molar-refractivity contribution in [2.24, 2.45) is 0 Å². The topological polar surface area (TPSA) is 102 Å². The smallest absolute Gasteiger partial charge is 0.335 e. The highest BCUT2D eigenvalue weighted by molar-refractivity contribution is 7.81. The molecule has 0 amide bonds. The average molecular weight is 318 g/mol. The van der Waals surface area contributed by atoms with Crippen molar-refractivity contribution in [2.45, 2.75) is 65.2 Å². The Balaban J connectivity index is 4.59. The minimum Gasteiger partial charge on any atom is -0.478 e. The van der Waals surface area contributed by atoms with Crippen LogP contribution in [0.15, 0.2) is 11.6 Å². The van der Waals surface area contributed by atoms with E-state index in [0.29, 0.717) is 12.8 Å². The molecule has 122 valence electrons. The van der Waals surface area contributed by atoms with Crippen LogP contribution in [-0.4, -0.2) is 32.5 Å². The summed E-state index contributed by atoms with van der Waals surface area (Å²) in [7, 11) is -3.61. The molecule has 0 aromatic rings. The Morgan fingerprint density at radius 1 is 1.10 bits per heavy atom. The molecule has 0 aliphatic heterocycles. The van der Waals surface area contributed by atoms with Crippen molar-refractivity contribution in [2.75, 3.05) is 6.16 Å². The molecule has 0 aliphatic rings. The molecule has 4 N–H and O–H groups in total. The number of carboxylic acids is 1. The van der Waals surface area contributed by atoms with E-state index in [2.05, 4.69) is 6.92 Å². The second kappa shape index (κ2) is 10.9. The van der Waals surface area contributed by atoms with Crippen molar-refractivity contribution in [3.63, 3.8) is 0 Å². The average Bonchev–Trinajstić information content (AvgIpc) is 2.42. The van der Waals surface area contributed by atoms with Crippen LogP contribution < -0.4 is 0 Å². The molecule has 0 aromatic carbocycles. The largest absolute Gasteiger partial charge is 0.478 e. The van der Waals surface area contributed by atoms with Crippen molar-refractivity contribution < 1.29 is 19.7 Å². The lowest BCUT2D eigenvalue weighted by Crippen LogP contribution is -2.14. The second-order valence-corrected chi connectivity index (χ2v) is 7.64. The first kappa shape index (κ1) is 20.2. The Kier molecular flexibility index (Phi) is 10.5. The number of carbonyl (C=O) groups is 1. The van der Waals surface area contributed by atoms with Crippen LogP contribution in [0.25, 0.3) is 0 Å². The van der Waals surface area contributed by atoms with Gasteiger partial charge in [0.05, 0.1) is 5.57 Å². The fourth-order valence-electron chi connectivity index (χ4n) is 1.94. The summed E-state index contributed by atoms with van der Waals surface area (Å²) in [5.41, 5.74) is -0.0821. The second-order valence-electron chi connectivity index (χ2n) is 5.32. The maximum atomic E-state index is 11.2. The van der Waals surface area contributed by atoms with Crippen molar-refractivity contribution >= 4 is 19.1 Å². The molecular formula is C15H29NO4P+. The van der Waals surface area contributed by atoms with Gasteiger partial charge in [-0.1, -0.05) is 45.6 Å².